The predicted molar refractivity (Wildman–Crippen MR) is 86.7 cm³/mol. The molecule has 0 radical (unpaired) electrons. The van der Waals surface area contributed by atoms with Crippen molar-refractivity contribution < 1.29 is 0 Å². The van der Waals surface area contributed by atoms with Gasteiger partial charge in [-0.2, -0.15) is 0 Å². The molecule has 0 aliphatic heterocycles. The molecule has 3 nitrogen and oxygen atoms in total. The highest BCUT2D eigenvalue weighted by atomic mass is 127. The van der Waals surface area contributed by atoms with Crippen LogP contribution >= 0.6 is 45.8 Å². The summed E-state index contributed by atoms with van der Waals surface area (Å²) in [6, 6.07) is 3.54. The summed E-state index contributed by atoms with van der Waals surface area (Å²) in [5.41, 5.74) is 1.47. The molecule has 100 valence electrons. The largest absolute Gasteiger partial charge is 0.251 e. The van der Waals surface area contributed by atoms with Crippen LogP contribution in [0.4, 0.5) is 0 Å². The van der Waals surface area contributed by atoms with Gasteiger partial charge in [-0.05, 0) is 34.7 Å². The van der Waals surface area contributed by atoms with Crippen LogP contribution in [0.5, 0.6) is 0 Å². The lowest BCUT2D eigenvalue weighted by Gasteiger charge is -2.20. The first kappa shape index (κ1) is 14.9. The fourth-order valence-corrected chi connectivity index (χ4v) is 2.87. The zero-order chi connectivity index (χ0) is 14.2. The van der Waals surface area contributed by atoms with Gasteiger partial charge in [-0.25, -0.2) is 9.97 Å². The summed E-state index contributed by atoms with van der Waals surface area (Å²) in [7, 11) is 0. The van der Waals surface area contributed by atoms with Gasteiger partial charge in [0.15, 0.2) is 5.82 Å². The van der Waals surface area contributed by atoms with Gasteiger partial charge in [0.25, 0.3) is 0 Å². The third kappa shape index (κ3) is 3.35. The normalized spacial score (nSPS) is 11.7. The Morgan fingerprint density at radius 3 is 2.32 bits per heavy atom. The monoisotopic (exact) mass is 407 g/mol. The molecule has 0 atom stereocenters. The predicted octanol–water partition coefficient (Wildman–Crippen LogP) is 4.75. The molecule has 2 aromatic rings. The molecule has 0 spiro atoms. The van der Waals surface area contributed by atoms with Gasteiger partial charge in [-0.15, -0.1) is 0 Å². The van der Waals surface area contributed by atoms with E-state index < -0.39 is 0 Å². The van der Waals surface area contributed by atoms with Gasteiger partial charge in [-0.3, -0.25) is 4.98 Å². The number of hydrogen-bond donors (Lipinski definition) is 0. The Morgan fingerprint density at radius 1 is 1.11 bits per heavy atom. The third-order valence-corrected chi connectivity index (χ3v) is 4.32. The van der Waals surface area contributed by atoms with Crippen LogP contribution in [0.2, 0.25) is 10.2 Å². The Bertz CT molecular complexity index is 607. The molecule has 0 unspecified atom stereocenters. The van der Waals surface area contributed by atoms with Gasteiger partial charge in [0.2, 0.25) is 0 Å². The molecular weight excluding hydrogens is 396 g/mol. The molecule has 0 amide bonds. The molecule has 0 N–H and O–H groups in total. The van der Waals surface area contributed by atoms with Gasteiger partial charge in [0.1, 0.15) is 10.8 Å². The Morgan fingerprint density at radius 2 is 1.79 bits per heavy atom. The lowest BCUT2D eigenvalue weighted by Crippen LogP contribution is -2.17. The smallest absolute Gasteiger partial charge is 0.179 e. The van der Waals surface area contributed by atoms with Crippen molar-refractivity contribution >= 4 is 45.8 Å². The lowest BCUT2D eigenvalue weighted by molar-refractivity contribution is 0.563. The first-order valence-electron chi connectivity index (χ1n) is 5.64. The van der Waals surface area contributed by atoms with Crippen LogP contribution in [-0.4, -0.2) is 15.0 Å². The van der Waals surface area contributed by atoms with Crippen LogP contribution in [0, 0.1) is 3.57 Å². The van der Waals surface area contributed by atoms with Crippen LogP contribution in [0.15, 0.2) is 18.3 Å². The molecule has 0 aromatic carbocycles. The minimum Gasteiger partial charge on any atom is -0.251 e. The zero-order valence-corrected chi connectivity index (χ0v) is 14.4. The first-order chi connectivity index (χ1) is 8.79. The van der Waals surface area contributed by atoms with Crippen molar-refractivity contribution in [3.8, 4) is 11.5 Å². The van der Waals surface area contributed by atoms with Crippen LogP contribution in [0.3, 0.4) is 0 Å². The summed E-state index contributed by atoms with van der Waals surface area (Å²) >= 11 is 14.2. The van der Waals surface area contributed by atoms with Crippen molar-refractivity contribution in [1.29, 1.82) is 0 Å². The van der Waals surface area contributed by atoms with E-state index in [1.54, 1.807) is 18.3 Å². The molecule has 0 fully saturated rings. The van der Waals surface area contributed by atoms with Gasteiger partial charge in [0.05, 0.1) is 14.3 Å². The second kappa shape index (κ2) is 5.50. The molecule has 19 heavy (non-hydrogen) atoms. The average molecular weight is 408 g/mol. The maximum absolute atomic E-state index is 6.19. The Hall–Kier alpha value is -0.460. The van der Waals surface area contributed by atoms with Crippen LogP contribution in [0.25, 0.3) is 11.5 Å². The maximum Gasteiger partial charge on any atom is 0.179 e. The molecule has 0 aliphatic rings. The Kier molecular flexibility index (Phi) is 4.32. The highest BCUT2D eigenvalue weighted by Crippen LogP contribution is 2.31. The summed E-state index contributed by atoms with van der Waals surface area (Å²) in [5, 5.41) is 1.03. The highest BCUT2D eigenvalue weighted by Gasteiger charge is 2.23. The van der Waals surface area contributed by atoms with Crippen LogP contribution in [0.1, 0.15) is 26.5 Å². The van der Waals surface area contributed by atoms with Gasteiger partial charge >= 0.3 is 0 Å². The van der Waals surface area contributed by atoms with E-state index in [4.69, 9.17) is 23.2 Å². The number of hydrogen-bond acceptors (Lipinski definition) is 3. The first-order valence-corrected chi connectivity index (χ1v) is 7.48. The van der Waals surface area contributed by atoms with Crippen molar-refractivity contribution in [3.63, 3.8) is 0 Å². The fraction of sp³-hybridized carbons (Fsp3) is 0.308. The minimum atomic E-state index is -0.107. The lowest BCUT2D eigenvalue weighted by atomic mass is 9.92. The van der Waals surface area contributed by atoms with Crippen molar-refractivity contribution in [2.24, 2.45) is 0 Å². The fourth-order valence-electron chi connectivity index (χ4n) is 1.54. The van der Waals surface area contributed by atoms with E-state index in [1.807, 2.05) is 0 Å². The van der Waals surface area contributed by atoms with E-state index in [-0.39, 0.29) is 5.41 Å². The number of rotatable bonds is 1. The summed E-state index contributed by atoms with van der Waals surface area (Å²) in [4.78, 5) is 13.1. The molecule has 2 rings (SSSR count). The SMILES string of the molecule is CC(C)(C)c1nc(-c2ccc(Cl)cn2)nc(Cl)c1I. The summed E-state index contributed by atoms with van der Waals surface area (Å²) < 4.78 is 0.879. The molecule has 0 saturated heterocycles. The number of nitrogens with zero attached hydrogens (tertiary/aromatic N) is 3. The molecule has 6 heteroatoms. The van der Waals surface area contributed by atoms with Crippen molar-refractivity contribution in [2.45, 2.75) is 26.2 Å². The second-order valence-electron chi connectivity index (χ2n) is 5.11. The van der Waals surface area contributed by atoms with E-state index in [9.17, 15) is 0 Å². The van der Waals surface area contributed by atoms with Crippen molar-refractivity contribution in [2.75, 3.05) is 0 Å². The average Bonchev–Trinajstić information content (AvgIpc) is 2.32. The van der Waals surface area contributed by atoms with Gasteiger partial charge in [0, 0.05) is 11.6 Å². The molecule has 0 bridgehead atoms. The van der Waals surface area contributed by atoms with E-state index in [2.05, 4.69) is 58.3 Å². The van der Waals surface area contributed by atoms with E-state index in [0.717, 1.165) is 9.26 Å². The number of halogens is 3. The summed E-state index contributed by atoms with van der Waals surface area (Å²) in [6.07, 6.45) is 1.57. The second-order valence-corrected chi connectivity index (χ2v) is 6.99. The summed E-state index contributed by atoms with van der Waals surface area (Å²) in [6.45, 7) is 6.27. The molecular formula is C13H12Cl2IN3. The summed E-state index contributed by atoms with van der Waals surface area (Å²) in [5.74, 6) is 0.520. The number of pyridine rings is 1. The van der Waals surface area contributed by atoms with Crippen molar-refractivity contribution in [3.05, 3.63) is 37.8 Å². The molecule has 0 aliphatic carbocycles. The van der Waals surface area contributed by atoms with Gasteiger partial charge < -0.3 is 0 Å². The quantitative estimate of drug-likeness (QED) is 0.505. The standard InChI is InChI=1S/C13H12Cl2IN3/c1-13(2,3)10-9(16)11(15)19-12(18-10)8-5-4-7(14)6-17-8/h4-6H,1-3H3. The molecule has 2 heterocycles. The maximum atomic E-state index is 6.19. The van der Waals surface area contributed by atoms with Gasteiger partial charge in [-0.1, -0.05) is 44.0 Å². The topological polar surface area (TPSA) is 38.7 Å². The Labute approximate surface area is 135 Å². The van der Waals surface area contributed by atoms with E-state index >= 15 is 0 Å². The zero-order valence-electron chi connectivity index (χ0n) is 10.7. The number of aromatic nitrogens is 3. The highest BCUT2D eigenvalue weighted by molar-refractivity contribution is 14.1. The Balaban J connectivity index is 2.60. The third-order valence-electron chi connectivity index (χ3n) is 2.48. The minimum absolute atomic E-state index is 0.107. The van der Waals surface area contributed by atoms with Crippen LogP contribution in [-0.2, 0) is 5.41 Å². The van der Waals surface area contributed by atoms with E-state index in [1.165, 1.54) is 0 Å². The van der Waals surface area contributed by atoms with Crippen molar-refractivity contribution in [1.82, 2.24) is 15.0 Å². The van der Waals surface area contributed by atoms with E-state index in [0.29, 0.717) is 21.7 Å². The van der Waals surface area contributed by atoms with Crippen LogP contribution < -0.4 is 0 Å². The molecule has 2 aromatic heterocycles. The molecule has 0 saturated carbocycles.